The van der Waals surface area contributed by atoms with Gasteiger partial charge in [-0.05, 0) is 55.5 Å². The third kappa shape index (κ3) is 3.83. The van der Waals surface area contributed by atoms with Gasteiger partial charge in [0.1, 0.15) is 5.82 Å². The molecule has 2 nitrogen and oxygen atoms in total. The lowest BCUT2D eigenvalue weighted by Crippen LogP contribution is -2.03. The molecule has 0 spiro atoms. The number of benzene rings is 2. The Morgan fingerprint density at radius 1 is 1.05 bits per heavy atom. The van der Waals surface area contributed by atoms with Crippen LogP contribution in [0.2, 0.25) is 0 Å². The molecule has 0 atom stereocenters. The summed E-state index contributed by atoms with van der Waals surface area (Å²) in [5.41, 5.74) is 0.533. The first-order chi connectivity index (χ1) is 9.19. The molecule has 0 unspecified atom stereocenters. The number of rotatable bonds is 4. The number of esters is 1. The summed E-state index contributed by atoms with van der Waals surface area (Å²) in [4.78, 5) is 13.4. The van der Waals surface area contributed by atoms with Crippen molar-refractivity contribution in [2.75, 3.05) is 6.61 Å². The number of ether oxygens (including phenoxy) is 1. The van der Waals surface area contributed by atoms with E-state index in [4.69, 9.17) is 4.74 Å². The normalized spacial score (nSPS) is 10.2. The van der Waals surface area contributed by atoms with Crippen molar-refractivity contribution in [1.29, 1.82) is 0 Å². The Balaban J connectivity index is 2.06. The van der Waals surface area contributed by atoms with Crippen molar-refractivity contribution in [2.24, 2.45) is 0 Å². The zero-order chi connectivity index (χ0) is 13.7. The fraction of sp³-hybridized carbons (Fsp3) is 0.133. The van der Waals surface area contributed by atoms with Crippen molar-refractivity contribution in [2.45, 2.75) is 16.7 Å². The van der Waals surface area contributed by atoms with Crippen LogP contribution in [0.15, 0.2) is 58.3 Å². The minimum Gasteiger partial charge on any atom is -0.462 e. The van der Waals surface area contributed by atoms with Gasteiger partial charge in [-0.1, -0.05) is 11.8 Å². The molecule has 0 fully saturated rings. The second-order valence-corrected chi connectivity index (χ2v) is 4.95. The van der Waals surface area contributed by atoms with Crippen LogP contribution in [0.5, 0.6) is 0 Å². The predicted octanol–water partition coefficient (Wildman–Crippen LogP) is 4.15. The Morgan fingerprint density at radius 3 is 2.11 bits per heavy atom. The Labute approximate surface area is 115 Å². The number of halogens is 1. The summed E-state index contributed by atoms with van der Waals surface area (Å²) in [7, 11) is 0. The molecule has 19 heavy (non-hydrogen) atoms. The summed E-state index contributed by atoms with van der Waals surface area (Å²) in [5, 5.41) is 0. The Morgan fingerprint density at radius 2 is 1.58 bits per heavy atom. The fourth-order valence-electron chi connectivity index (χ4n) is 1.51. The van der Waals surface area contributed by atoms with E-state index in [0.29, 0.717) is 12.2 Å². The zero-order valence-corrected chi connectivity index (χ0v) is 11.2. The molecule has 0 radical (unpaired) electrons. The Bertz CT molecular complexity index is 549. The van der Waals surface area contributed by atoms with E-state index in [2.05, 4.69) is 0 Å². The fourth-order valence-corrected chi connectivity index (χ4v) is 2.33. The third-order valence-electron chi connectivity index (χ3n) is 2.41. The van der Waals surface area contributed by atoms with E-state index in [1.807, 2.05) is 12.1 Å². The van der Waals surface area contributed by atoms with E-state index in [9.17, 15) is 9.18 Å². The molecule has 0 saturated carbocycles. The predicted molar refractivity (Wildman–Crippen MR) is 72.9 cm³/mol. The molecule has 2 aromatic carbocycles. The van der Waals surface area contributed by atoms with Crippen molar-refractivity contribution >= 4 is 17.7 Å². The average Bonchev–Trinajstić information content (AvgIpc) is 2.42. The van der Waals surface area contributed by atoms with Crippen LogP contribution >= 0.6 is 11.8 Å². The molecule has 0 aliphatic heterocycles. The molecule has 0 aliphatic rings. The van der Waals surface area contributed by atoms with E-state index in [1.165, 1.54) is 23.9 Å². The molecule has 4 heteroatoms. The Hall–Kier alpha value is -1.81. The molecule has 2 aromatic rings. The summed E-state index contributed by atoms with van der Waals surface area (Å²) < 4.78 is 17.7. The van der Waals surface area contributed by atoms with Gasteiger partial charge in [0.2, 0.25) is 0 Å². The van der Waals surface area contributed by atoms with Crippen LogP contribution in [0.25, 0.3) is 0 Å². The second kappa shape index (κ2) is 6.38. The summed E-state index contributed by atoms with van der Waals surface area (Å²) in [6.45, 7) is 2.14. The van der Waals surface area contributed by atoms with E-state index >= 15 is 0 Å². The molecule has 0 heterocycles. The number of hydrogen-bond acceptors (Lipinski definition) is 3. The van der Waals surface area contributed by atoms with Gasteiger partial charge in [0.25, 0.3) is 0 Å². The maximum absolute atomic E-state index is 12.8. The molecule has 0 aliphatic carbocycles. The van der Waals surface area contributed by atoms with Crippen LogP contribution in [-0.2, 0) is 4.74 Å². The van der Waals surface area contributed by atoms with Gasteiger partial charge < -0.3 is 4.74 Å². The average molecular weight is 276 g/mol. The maximum atomic E-state index is 12.8. The van der Waals surface area contributed by atoms with Gasteiger partial charge in [-0.2, -0.15) is 0 Å². The first-order valence-electron chi connectivity index (χ1n) is 5.89. The molecule has 0 amide bonds. The Kier molecular flexibility index (Phi) is 4.58. The SMILES string of the molecule is CCOC(=O)c1ccc(Sc2ccc(F)cc2)cc1. The number of carbonyl (C=O) groups is 1. The van der Waals surface area contributed by atoms with Gasteiger partial charge in [0, 0.05) is 9.79 Å². The van der Waals surface area contributed by atoms with Gasteiger partial charge in [-0.3, -0.25) is 0 Å². The lowest BCUT2D eigenvalue weighted by molar-refractivity contribution is 0.0526. The van der Waals surface area contributed by atoms with Crippen LogP contribution in [0.4, 0.5) is 4.39 Å². The first-order valence-corrected chi connectivity index (χ1v) is 6.71. The quantitative estimate of drug-likeness (QED) is 0.785. The molecular weight excluding hydrogens is 263 g/mol. The first kappa shape index (κ1) is 13.6. The van der Waals surface area contributed by atoms with E-state index in [-0.39, 0.29) is 11.8 Å². The van der Waals surface area contributed by atoms with Crippen LogP contribution in [0, 0.1) is 5.82 Å². The smallest absolute Gasteiger partial charge is 0.338 e. The maximum Gasteiger partial charge on any atom is 0.338 e. The molecule has 0 aromatic heterocycles. The van der Waals surface area contributed by atoms with Gasteiger partial charge in [-0.15, -0.1) is 0 Å². The van der Waals surface area contributed by atoms with Crippen LogP contribution < -0.4 is 0 Å². The molecule has 98 valence electrons. The van der Waals surface area contributed by atoms with Gasteiger partial charge in [-0.25, -0.2) is 9.18 Å². The summed E-state index contributed by atoms with van der Waals surface area (Å²) in [5.74, 6) is -0.567. The lowest BCUT2D eigenvalue weighted by atomic mass is 10.2. The highest BCUT2D eigenvalue weighted by Crippen LogP contribution is 2.27. The number of carbonyl (C=O) groups excluding carboxylic acids is 1. The molecular formula is C15H13FO2S. The lowest BCUT2D eigenvalue weighted by Gasteiger charge is -2.04. The minimum absolute atomic E-state index is 0.248. The van der Waals surface area contributed by atoms with E-state index < -0.39 is 0 Å². The monoisotopic (exact) mass is 276 g/mol. The van der Waals surface area contributed by atoms with Crippen molar-refractivity contribution in [3.63, 3.8) is 0 Å². The largest absolute Gasteiger partial charge is 0.462 e. The van der Waals surface area contributed by atoms with Crippen molar-refractivity contribution in [1.82, 2.24) is 0 Å². The van der Waals surface area contributed by atoms with E-state index in [0.717, 1.165) is 9.79 Å². The summed E-state index contributed by atoms with van der Waals surface area (Å²) in [6.07, 6.45) is 0. The number of hydrogen-bond donors (Lipinski definition) is 0. The molecule has 2 rings (SSSR count). The van der Waals surface area contributed by atoms with Crippen LogP contribution in [-0.4, -0.2) is 12.6 Å². The molecule has 0 saturated heterocycles. The van der Waals surface area contributed by atoms with Crippen LogP contribution in [0.1, 0.15) is 17.3 Å². The van der Waals surface area contributed by atoms with Gasteiger partial charge >= 0.3 is 5.97 Å². The van der Waals surface area contributed by atoms with E-state index in [1.54, 1.807) is 31.2 Å². The third-order valence-corrected chi connectivity index (χ3v) is 3.43. The standard InChI is InChI=1S/C15H13FO2S/c1-2-18-15(17)11-3-7-13(8-4-11)19-14-9-5-12(16)6-10-14/h3-10H,2H2,1H3. The summed E-state index contributed by atoms with van der Waals surface area (Å²) >= 11 is 1.51. The minimum atomic E-state index is -0.319. The summed E-state index contributed by atoms with van der Waals surface area (Å²) in [6, 6.07) is 13.4. The zero-order valence-electron chi connectivity index (χ0n) is 10.4. The highest BCUT2D eigenvalue weighted by atomic mass is 32.2. The topological polar surface area (TPSA) is 26.3 Å². The molecule has 0 N–H and O–H groups in total. The van der Waals surface area contributed by atoms with Gasteiger partial charge in [0.15, 0.2) is 0 Å². The highest BCUT2D eigenvalue weighted by molar-refractivity contribution is 7.99. The second-order valence-electron chi connectivity index (χ2n) is 3.80. The van der Waals surface area contributed by atoms with Crippen LogP contribution in [0.3, 0.4) is 0 Å². The van der Waals surface area contributed by atoms with Gasteiger partial charge in [0.05, 0.1) is 12.2 Å². The highest BCUT2D eigenvalue weighted by Gasteiger charge is 2.06. The van der Waals surface area contributed by atoms with Crippen molar-refractivity contribution in [3.05, 3.63) is 59.9 Å². The van der Waals surface area contributed by atoms with Crippen molar-refractivity contribution in [3.8, 4) is 0 Å². The van der Waals surface area contributed by atoms with Crippen molar-refractivity contribution < 1.29 is 13.9 Å². The molecule has 0 bridgehead atoms.